The number of hydrogen-bond acceptors (Lipinski definition) is 3. The Kier molecular flexibility index (Phi) is 4.19. The number of anilines is 1. The molecule has 2 N–H and O–H groups in total. The molecule has 0 atom stereocenters. The van der Waals surface area contributed by atoms with Crippen LogP contribution in [-0.2, 0) is 4.79 Å². The molecule has 0 bridgehead atoms. The van der Waals surface area contributed by atoms with E-state index < -0.39 is 5.82 Å². The van der Waals surface area contributed by atoms with Crippen LogP contribution in [0.5, 0.6) is 0 Å². The zero-order chi connectivity index (χ0) is 11.3. The summed E-state index contributed by atoms with van der Waals surface area (Å²) in [4.78, 5) is 10.6. The monoisotopic (exact) mass is 223 g/mol. The Bertz CT molecular complexity index is 434. The van der Waals surface area contributed by atoms with Crippen molar-refractivity contribution in [3.05, 3.63) is 29.6 Å². The van der Waals surface area contributed by atoms with Crippen molar-refractivity contribution in [2.75, 3.05) is 11.5 Å². The van der Waals surface area contributed by atoms with Crippen LogP contribution in [0.15, 0.2) is 18.2 Å². The van der Waals surface area contributed by atoms with Gasteiger partial charge < -0.3 is 5.73 Å². The van der Waals surface area contributed by atoms with Gasteiger partial charge in [-0.15, -0.1) is 0 Å². The summed E-state index contributed by atoms with van der Waals surface area (Å²) in [7, 11) is 0. The number of thioether (sulfide) groups is 1. The molecule has 0 unspecified atom stereocenters. The smallest absolute Gasteiger partial charge is 0.186 e. The van der Waals surface area contributed by atoms with Crippen molar-refractivity contribution < 1.29 is 9.18 Å². The number of nitrogen functional groups attached to an aromatic ring is 1. The summed E-state index contributed by atoms with van der Waals surface area (Å²) in [6, 6.07) is 4.39. The van der Waals surface area contributed by atoms with Gasteiger partial charge in [-0.05, 0) is 18.2 Å². The first-order valence-electron chi connectivity index (χ1n) is 4.27. The highest BCUT2D eigenvalue weighted by Crippen LogP contribution is 2.10. The van der Waals surface area contributed by atoms with Crippen molar-refractivity contribution in [1.82, 2.24) is 0 Å². The van der Waals surface area contributed by atoms with E-state index in [2.05, 4.69) is 11.8 Å². The molecule has 0 spiro atoms. The second-order valence-corrected chi connectivity index (χ2v) is 3.97. The SMILES string of the molecule is CC(=O)SCC#Cc1ccc(N)c(F)c1. The summed E-state index contributed by atoms with van der Waals surface area (Å²) < 4.78 is 13.0. The third kappa shape index (κ3) is 4.05. The van der Waals surface area contributed by atoms with E-state index in [0.717, 1.165) is 11.8 Å². The molecule has 2 nitrogen and oxygen atoms in total. The molecule has 0 aliphatic rings. The molecular weight excluding hydrogens is 213 g/mol. The Hall–Kier alpha value is -1.47. The van der Waals surface area contributed by atoms with Gasteiger partial charge in [-0.1, -0.05) is 23.6 Å². The normalized spacial score (nSPS) is 9.20. The second-order valence-electron chi connectivity index (χ2n) is 2.82. The molecule has 0 aliphatic carbocycles. The van der Waals surface area contributed by atoms with E-state index in [9.17, 15) is 9.18 Å². The summed E-state index contributed by atoms with van der Waals surface area (Å²) in [5.41, 5.74) is 5.98. The molecular formula is C11H10FNOS. The van der Waals surface area contributed by atoms with E-state index in [1.807, 2.05) is 0 Å². The van der Waals surface area contributed by atoms with Gasteiger partial charge >= 0.3 is 0 Å². The predicted octanol–water partition coefficient (Wildman–Crippen LogP) is 2.04. The summed E-state index contributed by atoms with van der Waals surface area (Å²) in [6.45, 7) is 1.48. The Morgan fingerprint density at radius 3 is 2.93 bits per heavy atom. The van der Waals surface area contributed by atoms with E-state index in [1.165, 1.54) is 19.1 Å². The van der Waals surface area contributed by atoms with Gasteiger partial charge in [-0.3, -0.25) is 4.79 Å². The molecule has 0 fully saturated rings. The minimum atomic E-state index is -0.471. The van der Waals surface area contributed by atoms with Crippen molar-refractivity contribution in [2.24, 2.45) is 0 Å². The number of carbonyl (C=O) groups excluding carboxylic acids is 1. The molecule has 0 aromatic heterocycles. The zero-order valence-electron chi connectivity index (χ0n) is 8.21. The molecule has 1 rings (SSSR count). The van der Waals surface area contributed by atoms with Gasteiger partial charge in [0.1, 0.15) is 5.82 Å². The lowest BCUT2D eigenvalue weighted by atomic mass is 10.2. The fourth-order valence-electron chi connectivity index (χ4n) is 0.881. The van der Waals surface area contributed by atoms with E-state index >= 15 is 0 Å². The number of rotatable bonds is 1. The number of carbonyl (C=O) groups is 1. The average molecular weight is 223 g/mol. The van der Waals surface area contributed by atoms with Crippen LogP contribution in [0, 0.1) is 17.7 Å². The largest absolute Gasteiger partial charge is 0.396 e. The summed E-state index contributed by atoms with van der Waals surface area (Å²) in [5, 5.41) is 0.0211. The highest BCUT2D eigenvalue weighted by atomic mass is 32.2. The van der Waals surface area contributed by atoms with E-state index in [-0.39, 0.29) is 10.8 Å². The quantitative estimate of drug-likeness (QED) is 0.585. The lowest BCUT2D eigenvalue weighted by Gasteiger charge is -1.95. The van der Waals surface area contributed by atoms with Crippen molar-refractivity contribution in [2.45, 2.75) is 6.92 Å². The summed E-state index contributed by atoms with van der Waals surface area (Å²) >= 11 is 1.13. The van der Waals surface area contributed by atoms with Crippen LogP contribution in [0.3, 0.4) is 0 Å². The summed E-state index contributed by atoms with van der Waals surface area (Å²) in [5.74, 6) is 5.46. The maximum absolute atomic E-state index is 13.0. The van der Waals surface area contributed by atoms with Crippen molar-refractivity contribution in [3.63, 3.8) is 0 Å². The molecule has 0 saturated carbocycles. The first-order chi connectivity index (χ1) is 7.09. The van der Waals surface area contributed by atoms with Gasteiger partial charge in [0.15, 0.2) is 5.12 Å². The van der Waals surface area contributed by atoms with Gasteiger partial charge in [-0.2, -0.15) is 0 Å². The van der Waals surface area contributed by atoms with Crippen molar-refractivity contribution in [1.29, 1.82) is 0 Å². The predicted molar refractivity (Wildman–Crippen MR) is 60.8 cm³/mol. The van der Waals surface area contributed by atoms with Gasteiger partial charge in [-0.25, -0.2) is 4.39 Å². The molecule has 78 valence electrons. The van der Waals surface area contributed by atoms with Crippen LogP contribution in [-0.4, -0.2) is 10.9 Å². The Balaban J connectivity index is 2.64. The minimum Gasteiger partial charge on any atom is -0.396 e. The van der Waals surface area contributed by atoms with Gasteiger partial charge in [0, 0.05) is 12.5 Å². The Morgan fingerprint density at radius 2 is 2.33 bits per heavy atom. The molecule has 0 heterocycles. The molecule has 15 heavy (non-hydrogen) atoms. The molecule has 4 heteroatoms. The van der Waals surface area contributed by atoms with Crippen LogP contribution in [0.25, 0.3) is 0 Å². The van der Waals surface area contributed by atoms with Gasteiger partial charge in [0.05, 0.1) is 11.4 Å². The topological polar surface area (TPSA) is 43.1 Å². The maximum atomic E-state index is 13.0. The molecule has 0 radical (unpaired) electrons. The third-order valence-electron chi connectivity index (χ3n) is 1.58. The van der Waals surface area contributed by atoms with Crippen LogP contribution in [0.4, 0.5) is 10.1 Å². The number of hydrogen-bond donors (Lipinski definition) is 1. The third-order valence-corrected chi connectivity index (χ3v) is 2.28. The highest BCUT2D eigenvalue weighted by Gasteiger charge is 1.96. The lowest BCUT2D eigenvalue weighted by molar-refractivity contribution is -0.109. The Morgan fingerprint density at radius 1 is 1.60 bits per heavy atom. The molecule has 0 amide bonds. The Labute approximate surface area is 92.0 Å². The highest BCUT2D eigenvalue weighted by molar-refractivity contribution is 8.13. The molecule has 1 aromatic carbocycles. The van der Waals surface area contributed by atoms with Crippen LogP contribution in [0.1, 0.15) is 12.5 Å². The number of benzene rings is 1. The average Bonchev–Trinajstić information content (AvgIpc) is 2.18. The van der Waals surface area contributed by atoms with Crippen LogP contribution < -0.4 is 5.73 Å². The maximum Gasteiger partial charge on any atom is 0.186 e. The standard InChI is InChI=1S/C11H10FNOS/c1-8(14)15-6-2-3-9-4-5-11(13)10(12)7-9/h4-5,7H,6,13H2,1H3. The van der Waals surface area contributed by atoms with Crippen molar-refractivity contribution in [3.8, 4) is 11.8 Å². The van der Waals surface area contributed by atoms with E-state index in [4.69, 9.17) is 5.73 Å². The number of nitrogens with two attached hydrogens (primary N) is 1. The van der Waals surface area contributed by atoms with Crippen LogP contribution >= 0.6 is 11.8 Å². The zero-order valence-corrected chi connectivity index (χ0v) is 9.03. The van der Waals surface area contributed by atoms with E-state index in [1.54, 1.807) is 6.07 Å². The van der Waals surface area contributed by atoms with E-state index in [0.29, 0.717) is 11.3 Å². The van der Waals surface area contributed by atoms with Gasteiger partial charge in [0.2, 0.25) is 0 Å². The molecule has 0 aliphatic heterocycles. The lowest BCUT2D eigenvalue weighted by Crippen LogP contribution is -1.90. The second kappa shape index (κ2) is 5.42. The fourth-order valence-corrected chi connectivity index (χ4v) is 1.23. The van der Waals surface area contributed by atoms with Gasteiger partial charge in [0.25, 0.3) is 0 Å². The minimum absolute atomic E-state index is 0.0211. The van der Waals surface area contributed by atoms with Crippen molar-refractivity contribution >= 4 is 22.6 Å². The first-order valence-corrected chi connectivity index (χ1v) is 5.25. The summed E-state index contributed by atoms with van der Waals surface area (Å²) in [6.07, 6.45) is 0. The fraction of sp³-hybridized carbons (Fsp3) is 0.182. The first kappa shape index (κ1) is 11.6. The molecule has 0 saturated heterocycles. The number of halogens is 1. The van der Waals surface area contributed by atoms with Crippen LogP contribution in [0.2, 0.25) is 0 Å². The molecule has 1 aromatic rings.